The topological polar surface area (TPSA) is 96.7 Å². The van der Waals surface area contributed by atoms with Gasteiger partial charge >= 0.3 is 6.09 Å². The van der Waals surface area contributed by atoms with Crippen LogP contribution in [0.3, 0.4) is 0 Å². The molecule has 0 bridgehead atoms. The molecule has 1 unspecified atom stereocenters. The summed E-state index contributed by atoms with van der Waals surface area (Å²) in [5, 5.41) is 14.7. The standard InChI is InChI=1S/C19H35N7O2.HI/c1-7-8-10-20-17(21-12-16-24-23-14(2)25(16)6)26-11-9-15(13-26)22-18(27)28-19(3,4)5;/h15H,7-13H2,1-6H3,(H,20,21)(H,22,27);1H. The van der Waals surface area contributed by atoms with Crippen LogP contribution < -0.4 is 10.6 Å². The van der Waals surface area contributed by atoms with Crippen molar-refractivity contribution in [1.82, 2.24) is 30.3 Å². The summed E-state index contributed by atoms with van der Waals surface area (Å²) in [4.78, 5) is 19.0. The zero-order valence-electron chi connectivity index (χ0n) is 18.5. The molecule has 1 saturated heterocycles. The van der Waals surface area contributed by atoms with Crippen LogP contribution in [0.5, 0.6) is 0 Å². The highest BCUT2D eigenvalue weighted by Gasteiger charge is 2.28. The van der Waals surface area contributed by atoms with E-state index in [0.717, 1.165) is 50.0 Å². The van der Waals surface area contributed by atoms with Crippen LogP contribution in [0.15, 0.2) is 4.99 Å². The van der Waals surface area contributed by atoms with Crippen LogP contribution in [0.25, 0.3) is 0 Å². The van der Waals surface area contributed by atoms with Crippen molar-refractivity contribution in [1.29, 1.82) is 0 Å². The van der Waals surface area contributed by atoms with Crippen molar-refractivity contribution in [2.45, 2.75) is 72.1 Å². The van der Waals surface area contributed by atoms with Crippen molar-refractivity contribution in [2.75, 3.05) is 19.6 Å². The Kier molecular flexibility index (Phi) is 10.1. The molecule has 10 heteroatoms. The summed E-state index contributed by atoms with van der Waals surface area (Å²) in [6.07, 6.45) is 2.68. The van der Waals surface area contributed by atoms with Crippen LogP contribution in [0.1, 0.15) is 58.6 Å². The normalized spacial score (nSPS) is 17.1. The molecule has 2 rings (SSSR count). The lowest BCUT2D eigenvalue weighted by atomic mass is 10.2. The lowest BCUT2D eigenvalue weighted by Crippen LogP contribution is -2.44. The largest absolute Gasteiger partial charge is 0.444 e. The van der Waals surface area contributed by atoms with Gasteiger partial charge in [0.1, 0.15) is 18.0 Å². The first-order chi connectivity index (χ1) is 13.2. The number of hydrogen-bond acceptors (Lipinski definition) is 5. The Morgan fingerprint density at radius 3 is 2.66 bits per heavy atom. The molecule has 0 saturated carbocycles. The molecular formula is C19H36IN7O2. The van der Waals surface area contributed by atoms with Crippen LogP contribution in [-0.4, -0.2) is 63.0 Å². The minimum absolute atomic E-state index is 0. The van der Waals surface area contributed by atoms with E-state index in [-0.39, 0.29) is 36.1 Å². The monoisotopic (exact) mass is 521 g/mol. The quantitative estimate of drug-likeness (QED) is 0.259. The van der Waals surface area contributed by atoms with Crippen LogP contribution in [0.4, 0.5) is 4.79 Å². The van der Waals surface area contributed by atoms with Crippen molar-refractivity contribution in [3.63, 3.8) is 0 Å². The second-order valence-electron chi connectivity index (χ2n) is 8.22. The zero-order valence-corrected chi connectivity index (χ0v) is 20.8. The van der Waals surface area contributed by atoms with Gasteiger partial charge < -0.3 is 24.8 Å². The Hall–Kier alpha value is -1.59. The van der Waals surface area contributed by atoms with Crippen LogP contribution in [-0.2, 0) is 18.3 Å². The van der Waals surface area contributed by atoms with Gasteiger partial charge in [0.05, 0.1) is 6.04 Å². The number of ether oxygens (including phenoxy) is 1. The number of rotatable bonds is 6. The van der Waals surface area contributed by atoms with E-state index < -0.39 is 5.60 Å². The highest BCUT2D eigenvalue weighted by molar-refractivity contribution is 14.0. The molecule has 0 radical (unpaired) electrons. The summed E-state index contributed by atoms with van der Waals surface area (Å²) in [6, 6.07) is 0.0464. The molecule has 29 heavy (non-hydrogen) atoms. The number of nitrogens with one attached hydrogen (secondary N) is 2. The lowest BCUT2D eigenvalue weighted by molar-refractivity contribution is 0.0507. The molecule has 2 heterocycles. The van der Waals surface area contributed by atoms with Crippen molar-refractivity contribution >= 4 is 36.0 Å². The first-order valence-corrected chi connectivity index (χ1v) is 10.1. The molecule has 1 aliphatic rings. The molecule has 0 aromatic carbocycles. The van der Waals surface area contributed by atoms with Gasteiger partial charge in [0.2, 0.25) is 0 Å². The predicted octanol–water partition coefficient (Wildman–Crippen LogP) is 2.59. The SMILES string of the molecule is CCCCNC(=NCc1nnc(C)n1C)N1CCC(NC(=O)OC(C)(C)C)C1.I. The molecular weight excluding hydrogens is 485 g/mol. The Labute approximate surface area is 191 Å². The maximum absolute atomic E-state index is 12.0. The number of guanidine groups is 1. The number of aliphatic imine (C=N–C) groups is 1. The molecule has 2 N–H and O–H groups in total. The Morgan fingerprint density at radius 2 is 2.07 bits per heavy atom. The molecule has 9 nitrogen and oxygen atoms in total. The fourth-order valence-electron chi connectivity index (χ4n) is 2.92. The number of aryl methyl sites for hydroxylation is 1. The van der Waals surface area contributed by atoms with E-state index in [0.29, 0.717) is 13.1 Å². The average molecular weight is 521 g/mol. The number of unbranched alkanes of at least 4 members (excludes halogenated alkanes) is 1. The van der Waals surface area contributed by atoms with E-state index in [1.54, 1.807) is 0 Å². The first kappa shape index (κ1) is 25.4. The van der Waals surface area contributed by atoms with E-state index in [1.807, 2.05) is 39.3 Å². The first-order valence-electron chi connectivity index (χ1n) is 10.1. The summed E-state index contributed by atoms with van der Waals surface area (Å²) in [7, 11) is 1.95. The molecule has 1 aromatic rings. The predicted molar refractivity (Wildman–Crippen MR) is 125 cm³/mol. The fraction of sp³-hybridized carbons (Fsp3) is 0.789. The van der Waals surface area contributed by atoms with E-state index in [2.05, 4.69) is 32.7 Å². The number of alkyl carbamates (subject to hydrolysis) is 1. The smallest absolute Gasteiger partial charge is 0.407 e. The maximum Gasteiger partial charge on any atom is 0.407 e. The second kappa shape index (κ2) is 11.6. The van der Waals surface area contributed by atoms with Gasteiger partial charge in [-0.05, 0) is 40.5 Å². The van der Waals surface area contributed by atoms with E-state index in [9.17, 15) is 4.79 Å². The van der Waals surface area contributed by atoms with E-state index in [4.69, 9.17) is 9.73 Å². The summed E-state index contributed by atoms with van der Waals surface area (Å²) in [6.45, 7) is 12.6. The molecule has 1 fully saturated rings. The second-order valence-corrected chi connectivity index (χ2v) is 8.22. The number of halogens is 1. The maximum atomic E-state index is 12.0. The Bertz CT molecular complexity index is 685. The average Bonchev–Trinajstić information content (AvgIpc) is 3.17. The number of carbonyl (C=O) groups excluding carboxylic acids is 1. The van der Waals surface area contributed by atoms with Gasteiger partial charge in [-0.3, -0.25) is 0 Å². The molecule has 1 aliphatic heterocycles. The minimum atomic E-state index is -0.495. The van der Waals surface area contributed by atoms with Crippen LogP contribution in [0, 0.1) is 6.92 Å². The molecule has 1 atom stereocenters. The molecule has 1 amide bonds. The van der Waals surface area contributed by atoms with Gasteiger partial charge in [-0.1, -0.05) is 13.3 Å². The summed E-state index contributed by atoms with van der Waals surface area (Å²) >= 11 is 0. The number of aromatic nitrogens is 3. The van der Waals surface area contributed by atoms with Crippen molar-refractivity contribution in [3.8, 4) is 0 Å². The van der Waals surface area contributed by atoms with Crippen molar-refractivity contribution in [3.05, 3.63) is 11.6 Å². The molecule has 0 spiro atoms. The zero-order chi connectivity index (χ0) is 20.7. The van der Waals surface area contributed by atoms with Gasteiger partial charge in [0.15, 0.2) is 11.8 Å². The number of amides is 1. The van der Waals surface area contributed by atoms with Gasteiger partial charge in [-0.15, -0.1) is 34.2 Å². The van der Waals surface area contributed by atoms with Crippen molar-refractivity contribution < 1.29 is 9.53 Å². The number of carbonyl (C=O) groups is 1. The summed E-state index contributed by atoms with van der Waals surface area (Å²) in [5.41, 5.74) is -0.495. The third kappa shape index (κ3) is 8.35. The van der Waals surface area contributed by atoms with Crippen LogP contribution >= 0.6 is 24.0 Å². The Morgan fingerprint density at radius 1 is 1.34 bits per heavy atom. The van der Waals surface area contributed by atoms with Gasteiger partial charge in [0.25, 0.3) is 0 Å². The summed E-state index contributed by atoms with van der Waals surface area (Å²) < 4.78 is 7.31. The minimum Gasteiger partial charge on any atom is -0.444 e. The van der Waals surface area contributed by atoms with Crippen LogP contribution in [0.2, 0.25) is 0 Å². The van der Waals surface area contributed by atoms with E-state index >= 15 is 0 Å². The number of likely N-dealkylation sites (tertiary alicyclic amines) is 1. The Balaban J connectivity index is 0.00000420. The third-order valence-corrected chi connectivity index (χ3v) is 4.58. The van der Waals surface area contributed by atoms with E-state index in [1.165, 1.54) is 0 Å². The summed E-state index contributed by atoms with van der Waals surface area (Å²) in [5.74, 6) is 2.55. The van der Waals surface area contributed by atoms with Gasteiger partial charge in [-0.25, -0.2) is 9.79 Å². The number of nitrogens with zero attached hydrogens (tertiary/aromatic N) is 5. The highest BCUT2D eigenvalue weighted by Crippen LogP contribution is 2.12. The third-order valence-electron chi connectivity index (χ3n) is 4.58. The van der Waals surface area contributed by atoms with Gasteiger partial charge in [0, 0.05) is 26.7 Å². The molecule has 1 aromatic heterocycles. The lowest BCUT2D eigenvalue weighted by Gasteiger charge is -2.23. The fourth-order valence-corrected chi connectivity index (χ4v) is 2.92. The molecule has 166 valence electrons. The highest BCUT2D eigenvalue weighted by atomic mass is 127. The molecule has 0 aliphatic carbocycles. The van der Waals surface area contributed by atoms with Crippen molar-refractivity contribution in [2.24, 2.45) is 12.0 Å². The number of hydrogen-bond donors (Lipinski definition) is 2. The van der Waals surface area contributed by atoms with Gasteiger partial charge in [-0.2, -0.15) is 0 Å².